The van der Waals surface area contributed by atoms with Gasteiger partial charge in [0.25, 0.3) is 0 Å². The van der Waals surface area contributed by atoms with Gasteiger partial charge in [-0.15, -0.1) is 0 Å². The molecule has 0 radical (unpaired) electrons. The van der Waals surface area contributed by atoms with E-state index in [1.165, 1.54) is 19.2 Å². The predicted octanol–water partition coefficient (Wildman–Crippen LogP) is 0.440. The second-order valence-corrected chi connectivity index (χ2v) is 5.09. The fraction of sp³-hybridized carbons (Fsp3) is 0.250. The van der Waals surface area contributed by atoms with E-state index in [4.69, 9.17) is 0 Å². The van der Waals surface area contributed by atoms with E-state index in [0.29, 0.717) is 0 Å². The lowest BCUT2D eigenvalue weighted by atomic mass is 10.1. The van der Waals surface area contributed by atoms with Crippen molar-refractivity contribution in [1.82, 2.24) is 4.98 Å². The van der Waals surface area contributed by atoms with Gasteiger partial charge >= 0.3 is 0 Å². The second-order valence-electron chi connectivity index (χ2n) is 2.91. The molecule has 0 aromatic carbocycles. The van der Waals surface area contributed by atoms with Gasteiger partial charge in [-0.25, -0.2) is 13.4 Å². The Morgan fingerprint density at radius 2 is 2.15 bits per heavy atom. The van der Waals surface area contributed by atoms with E-state index in [1.807, 2.05) is 0 Å². The number of carbonyl (C=O) groups excluding carboxylic acids is 1. The summed E-state index contributed by atoms with van der Waals surface area (Å²) in [7, 11) is -3.49. The van der Waals surface area contributed by atoms with Crippen LogP contribution in [0.1, 0.15) is 17.3 Å². The fourth-order valence-electron chi connectivity index (χ4n) is 1.33. The zero-order valence-corrected chi connectivity index (χ0v) is 7.71. The first kappa shape index (κ1) is 8.37. The van der Waals surface area contributed by atoms with Crippen LogP contribution in [0.2, 0.25) is 0 Å². The first-order valence-electron chi connectivity index (χ1n) is 3.78. The molecule has 1 aromatic rings. The van der Waals surface area contributed by atoms with Crippen LogP contribution >= 0.6 is 0 Å². The van der Waals surface area contributed by atoms with E-state index in [-0.39, 0.29) is 16.4 Å². The molecule has 68 valence electrons. The van der Waals surface area contributed by atoms with Crippen molar-refractivity contribution in [1.29, 1.82) is 0 Å². The molecule has 1 aliphatic rings. The number of hydrogen-bond acceptors (Lipinski definition) is 4. The molecule has 0 fully saturated rings. The van der Waals surface area contributed by atoms with E-state index in [0.717, 1.165) is 0 Å². The first-order chi connectivity index (χ1) is 6.05. The number of fused-ring (bicyclic) bond motifs is 1. The molecule has 2 heterocycles. The van der Waals surface area contributed by atoms with Crippen LogP contribution in [0.4, 0.5) is 0 Å². The van der Waals surface area contributed by atoms with Crippen LogP contribution in [-0.2, 0) is 9.84 Å². The number of carbonyl (C=O) groups is 1. The molecule has 13 heavy (non-hydrogen) atoms. The van der Waals surface area contributed by atoms with Crippen LogP contribution in [0.15, 0.2) is 23.4 Å². The van der Waals surface area contributed by atoms with Gasteiger partial charge in [-0.1, -0.05) is 0 Å². The predicted molar refractivity (Wildman–Crippen MR) is 45.2 cm³/mol. The van der Waals surface area contributed by atoms with Crippen molar-refractivity contribution >= 4 is 15.6 Å². The van der Waals surface area contributed by atoms with Gasteiger partial charge in [-0.2, -0.15) is 0 Å². The average molecular weight is 197 g/mol. The number of rotatable bonds is 0. The van der Waals surface area contributed by atoms with E-state index < -0.39 is 15.1 Å². The number of sulfone groups is 1. The summed E-state index contributed by atoms with van der Waals surface area (Å²) in [6.07, 6.45) is 1.38. The van der Waals surface area contributed by atoms with Crippen molar-refractivity contribution in [2.75, 3.05) is 0 Å². The summed E-state index contributed by atoms with van der Waals surface area (Å²) in [5, 5.41) is -1.05. The van der Waals surface area contributed by atoms with E-state index >= 15 is 0 Å². The number of nitrogens with zero attached hydrogens (tertiary/aromatic N) is 1. The van der Waals surface area contributed by atoms with Crippen molar-refractivity contribution in [2.24, 2.45) is 0 Å². The van der Waals surface area contributed by atoms with Crippen LogP contribution in [0.3, 0.4) is 0 Å². The normalized spacial score (nSPS) is 24.4. The first-order valence-corrected chi connectivity index (χ1v) is 5.33. The van der Waals surface area contributed by atoms with Gasteiger partial charge in [-0.3, -0.25) is 4.79 Å². The Hall–Kier alpha value is -1.23. The minimum atomic E-state index is -3.49. The standard InChI is InChI=1S/C8H7NO3S/c1-5-7(10)6-3-2-4-9-8(6)13(5,11)12/h2-5H,1H3. The highest BCUT2D eigenvalue weighted by Gasteiger charge is 2.42. The molecule has 0 aliphatic carbocycles. The maximum Gasteiger partial charge on any atom is 0.206 e. The lowest BCUT2D eigenvalue weighted by molar-refractivity contribution is 0.0994. The van der Waals surface area contributed by atoms with E-state index in [1.54, 1.807) is 6.07 Å². The van der Waals surface area contributed by atoms with Crippen LogP contribution < -0.4 is 0 Å². The van der Waals surface area contributed by atoms with Crippen molar-refractivity contribution in [3.8, 4) is 0 Å². The molecule has 1 aliphatic heterocycles. The van der Waals surface area contributed by atoms with Gasteiger partial charge in [0.05, 0.1) is 5.56 Å². The largest absolute Gasteiger partial charge is 0.293 e. The van der Waals surface area contributed by atoms with E-state index in [9.17, 15) is 13.2 Å². The van der Waals surface area contributed by atoms with Crippen molar-refractivity contribution < 1.29 is 13.2 Å². The SMILES string of the molecule is CC1C(=O)c2cccnc2S1(=O)=O. The highest BCUT2D eigenvalue weighted by atomic mass is 32.2. The smallest absolute Gasteiger partial charge is 0.206 e. The van der Waals surface area contributed by atoms with Crippen molar-refractivity contribution in [3.63, 3.8) is 0 Å². The minimum absolute atomic E-state index is 0.0764. The zero-order valence-electron chi connectivity index (χ0n) is 6.89. The Morgan fingerprint density at radius 3 is 2.77 bits per heavy atom. The summed E-state index contributed by atoms with van der Waals surface area (Å²) in [5.41, 5.74) is 0.218. The molecule has 0 amide bonds. The quantitative estimate of drug-likeness (QED) is 0.605. The lowest BCUT2D eigenvalue weighted by Crippen LogP contribution is -2.18. The molecule has 0 saturated heterocycles. The Balaban J connectivity index is 2.83. The third-order valence-corrected chi connectivity index (χ3v) is 4.15. The molecule has 0 bridgehead atoms. The molecule has 0 N–H and O–H groups in total. The third-order valence-electron chi connectivity index (χ3n) is 2.14. The zero-order chi connectivity index (χ0) is 9.64. The Kier molecular flexibility index (Phi) is 1.53. The summed E-state index contributed by atoms with van der Waals surface area (Å²) >= 11 is 0. The summed E-state index contributed by atoms with van der Waals surface area (Å²) in [6.45, 7) is 1.39. The summed E-state index contributed by atoms with van der Waals surface area (Å²) < 4.78 is 23.0. The maximum atomic E-state index is 11.5. The van der Waals surface area contributed by atoms with Crippen LogP contribution in [-0.4, -0.2) is 24.4 Å². The van der Waals surface area contributed by atoms with Gasteiger partial charge in [0, 0.05) is 6.20 Å². The molecular weight excluding hydrogens is 190 g/mol. The third kappa shape index (κ3) is 0.935. The molecule has 1 unspecified atom stereocenters. The van der Waals surface area contributed by atoms with Gasteiger partial charge in [0.2, 0.25) is 9.84 Å². The maximum absolute atomic E-state index is 11.5. The molecule has 2 rings (SSSR count). The number of hydrogen-bond donors (Lipinski definition) is 0. The molecule has 0 spiro atoms. The number of Topliss-reactive ketones (excluding diaryl/α,β-unsaturated/α-hetero) is 1. The van der Waals surface area contributed by atoms with Gasteiger partial charge in [-0.05, 0) is 19.1 Å². The average Bonchev–Trinajstić information content (AvgIpc) is 2.30. The van der Waals surface area contributed by atoms with Crippen LogP contribution in [0.5, 0.6) is 0 Å². The molecule has 0 saturated carbocycles. The lowest BCUT2D eigenvalue weighted by Gasteiger charge is -1.96. The summed E-state index contributed by atoms with van der Waals surface area (Å²) in [6, 6.07) is 3.05. The second kappa shape index (κ2) is 2.38. The highest BCUT2D eigenvalue weighted by molar-refractivity contribution is 7.93. The van der Waals surface area contributed by atoms with E-state index in [2.05, 4.69) is 4.98 Å². The molecular formula is C8H7NO3S. The molecule has 5 heteroatoms. The Bertz CT molecular complexity index is 478. The molecule has 4 nitrogen and oxygen atoms in total. The number of pyridine rings is 1. The Morgan fingerprint density at radius 1 is 1.46 bits per heavy atom. The van der Waals surface area contributed by atoms with Crippen molar-refractivity contribution in [2.45, 2.75) is 17.2 Å². The Labute approximate surface area is 75.5 Å². The van der Waals surface area contributed by atoms with Crippen molar-refractivity contribution in [3.05, 3.63) is 23.9 Å². The molecule has 1 atom stereocenters. The highest BCUT2D eigenvalue weighted by Crippen LogP contribution is 2.28. The summed E-state index contributed by atoms with van der Waals surface area (Å²) in [4.78, 5) is 15.1. The fourth-order valence-corrected chi connectivity index (χ4v) is 2.76. The van der Waals surface area contributed by atoms with Gasteiger partial charge in [0.1, 0.15) is 5.25 Å². The van der Waals surface area contributed by atoms with Crippen LogP contribution in [0, 0.1) is 0 Å². The number of ketones is 1. The van der Waals surface area contributed by atoms with Crippen LogP contribution in [0.25, 0.3) is 0 Å². The number of aromatic nitrogens is 1. The topological polar surface area (TPSA) is 64.1 Å². The summed E-state index contributed by atoms with van der Waals surface area (Å²) in [5.74, 6) is -0.358. The minimum Gasteiger partial charge on any atom is -0.293 e. The monoisotopic (exact) mass is 197 g/mol. The van der Waals surface area contributed by atoms with Gasteiger partial charge in [0.15, 0.2) is 10.8 Å². The van der Waals surface area contributed by atoms with Gasteiger partial charge < -0.3 is 0 Å². The molecule has 1 aromatic heterocycles.